The SMILES string of the molecule is C=C(NNC(=O)COc1ccc(F)cc1)c1ccc2c(c1)OCCO2. The molecule has 2 aromatic rings. The van der Waals surface area contributed by atoms with Gasteiger partial charge >= 0.3 is 0 Å². The summed E-state index contributed by atoms with van der Waals surface area (Å²) < 4.78 is 29.0. The average Bonchev–Trinajstić information content (AvgIpc) is 2.65. The van der Waals surface area contributed by atoms with E-state index in [2.05, 4.69) is 17.4 Å². The molecule has 0 aromatic heterocycles. The maximum Gasteiger partial charge on any atom is 0.276 e. The number of ether oxygens (including phenoxy) is 3. The third-order valence-corrected chi connectivity index (χ3v) is 3.43. The Kier molecular flexibility index (Phi) is 5.03. The highest BCUT2D eigenvalue weighted by atomic mass is 19.1. The zero-order valence-electron chi connectivity index (χ0n) is 13.4. The minimum absolute atomic E-state index is 0.215. The fourth-order valence-electron chi connectivity index (χ4n) is 2.16. The lowest BCUT2D eigenvalue weighted by Gasteiger charge is -2.19. The number of hydrazine groups is 1. The quantitative estimate of drug-likeness (QED) is 0.787. The Morgan fingerprint density at radius 2 is 1.80 bits per heavy atom. The third kappa shape index (κ3) is 4.41. The molecule has 3 rings (SSSR count). The van der Waals surface area contributed by atoms with Crippen LogP contribution in [0.3, 0.4) is 0 Å². The molecule has 6 nitrogen and oxygen atoms in total. The van der Waals surface area contributed by atoms with Gasteiger partial charge in [0.25, 0.3) is 5.91 Å². The van der Waals surface area contributed by atoms with Crippen LogP contribution in [0, 0.1) is 5.82 Å². The molecule has 0 aliphatic carbocycles. The van der Waals surface area contributed by atoms with E-state index < -0.39 is 5.91 Å². The second-order valence-electron chi connectivity index (χ2n) is 5.25. The normalized spacial score (nSPS) is 12.2. The molecule has 130 valence electrons. The number of nitrogens with one attached hydrogen (secondary N) is 2. The smallest absolute Gasteiger partial charge is 0.276 e. The Morgan fingerprint density at radius 1 is 1.08 bits per heavy atom. The van der Waals surface area contributed by atoms with Crippen LogP contribution < -0.4 is 25.1 Å². The molecule has 1 amide bonds. The summed E-state index contributed by atoms with van der Waals surface area (Å²) in [7, 11) is 0. The number of carbonyl (C=O) groups excluding carboxylic acids is 1. The second-order valence-corrected chi connectivity index (χ2v) is 5.25. The highest BCUT2D eigenvalue weighted by Gasteiger charge is 2.13. The van der Waals surface area contributed by atoms with Gasteiger partial charge in [-0.15, -0.1) is 0 Å². The lowest BCUT2D eigenvalue weighted by molar-refractivity contribution is -0.123. The van der Waals surface area contributed by atoms with Crippen molar-refractivity contribution in [2.75, 3.05) is 19.8 Å². The lowest BCUT2D eigenvalue weighted by atomic mass is 10.1. The molecule has 2 aromatic carbocycles. The van der Waals surface area contributed by atoms with Crippen molar-refractivity contribution in [2.24, 2.45) is 0 Å². The largest absolute Gasteiger partial charge is 0.486 e. The molecule has 2 N–H and O–H groups in total. The van der Waals surface area contributed by atoms with Gasteiger partial charge in [-0.2, -0.15) is 0 Å². The van der Waals surface area contributed by atoms with E-state index in [4.69, 9.17) is 14.2 Å². The zero-order valence-corrected chi connectivity index (χ0v) is 13.4. The van der Waals surface area contributed by atoms with Crippen molar-refractivity contribution in [1.82, 2.24) is 10.9 Å². The van der Waals surface area contributed by atoms with E-state index in [1.165, 1.54) is 24.3 Å². The maximum atomic E-state index is 12.8. The Hall–Kier alpha value is -3.22. The minimum Gasteiger partial charge on any atom is -0.486 e. The summed E-state index contributed by atoms with van der Waals surface area (Å²) >= 11 is 0. The van der Waals surface area contributed by atoms with Crippen molar-refractivity contribution in [2.45, 2.75) is 0 Å². The topological polar surface area (TPSA) is 68.8 Å². The van der Waals surface area contributed by atoms with Gasteiger partial charge in [0.15, 0.2) is 18.1 Å². The fourth-order valence-corrected chi connectivity index (χ4v) is 2.16. The van der Waals surface area contributed by atoms with Gasteiger partial charge in [-0.1, -0.05) is 6.58 Å². The molecule has 0 spiro atoms. The van der Waals surface area contributed by atoms with Crippen LogP contribution in [0.1, 0.15) is 5.56 Å². The monoisotopic (exact) mass is 344 g/mol. The van der Waals surface area contributed by atoms with Crippen molar-refractivity contribution in [1.29, 1.82) is 0 Å². The van der Waals surface area contributed by atoms with Gasteiger partial charge in [-0.05, 0) is 42.5 Å². The van der Waals surface area contributed by atoms with Gasteiger partial charge in [0.05, 0.1) is 5.70 Å². The molecular weight excluding hydrogens is 327 g/mol. The predicted octanol–water partition coefficient (Wildman–Crippen LogP) is 2.27. The van der Waals surface area contributed by atoms with Crippen LogP contribution in [0.25, 0.3) is 5.70 Å². The molecule has 0 saturated heterocycles. The van der Waals surface area contributed by atoms with Crippen molar-refractivity contribution < 1.29 is 23.4 Å². The first-order valence-electron chi connectivity index (χ1n) is 7.64. The molecule has 0 atom stereocenters. The summed E-state index contributed by atoms with van der Waals surface area (Å²) in [4.78, 5) is 11.8. The molecule has 7 heteroatoms. The number of rotatable bonds is 6. The average molecular weight is 344 g/mol. The summed E-state index contributed by atoms with van der Waals surface area (Å²) in [5.41, 5.74) is 6.45. The first kappa shape index (κ1) is 16.6. The van der Waals surface area contributed by atoms with Crippen LogP contribution in [0.5, 0.6) is 17.2 Å². The van der Waals surface area contributed by atoms with Gasteiger partial charge < -0.3 is 14.2 Å². The van der Waals surface area contributed by atoms with E-state index in [0.29, 0.717) is 36.2 Å². The van der Waals surface area contributed by atoms with E-state index in [-0.39, 0.29) is 12.4 Å². The van der Waals surface area contributed by atoms with Crippen LogP contribution in [-0.2, 0) is 4.79 Å². The van der Waals surface area contributed by atoms with Gasteiger partial charge in [-0.25, -0.2) is 4.39 Å². The maximum absolute atomic E-state index is 12.8. The number of carbonyl (C=O) groups is 1. The van der Waals surface area contributed by atoms with Crippen molar-refractivity contribution in [3.05, 3.63) is 60.4 Å². The summed E-state index contributed by atoms with van der Waals surface area (Å²) in [6, 6.07) is 10.8. The minimum atomic E-state index is -0.400. The van der Waals surface area contributed by atoms with Crippen molar-refractivity contribution in [3.63, 3.8) is 0 Å². The fraction of sp³-hybridized carbons (Fsp3) is 0.167. The molecule has 0 unspecified atom stereocenters. The van der Waals surface area contributed by atoms with E-state index in [1.807, 2.05) is 6.07 Å². The van der Waals surface area contributed by atoms with Gasteiger partial charge in [-0.3, -0.25) is 15.6 Å². The summed E-state index contributed by atoms with van der Waals surface area (Å²) in [5.74, 6) is 0.955. The molecule has 1 aliphatic rings. The molecule has 1 aliphatic heterocycles. The predicted molar refractivity (Wildman–Crippen MR) is 89.6 cm³/mol. The second kappa shape index (κ2) is 7.57. The van der Waals surface area contributed by atoms with Crippen LogP contribution in [0.15, 0.2) is 49.0 Å². The molecule has 25 heavy (non-hydrogen) atoms. The van der Waals surface area contributed by atoms with Crippen molar-refractivity contribution in [3.8, 4) is 17.2 Å². The van der Waals surface area contributed by atoms with Crippen LogP contribution >= 0.6 is 0 Å². The van der Waals surface area contributed by atoms with Crippen LogP contribution in [-0.4, -0.2) is 25.7 Å². The molecule has 0 radical (unpaired) electrons. The Labute approximate surface area is 144 Å². The molecule has 1 heterocycles. The number of amides is 1. The van der Waals surface area contributed by atoms with Gasteiger partial charge in [0, 0.05) is 5.56 Å². The zero-order chi connectivity index (χ0) is 17.6. The van der Waals surface area contributed by atoms with Crippen LogP contribution in [0.2, 0.25) is 0 Å². The number of hydrogen-bond acceptors (Lipinski definition) is 5. The van der Waals surface area contributed by atoms with E-state index in [9.17, 15) is 9.18 Å². The van der Waals surface area contributed by atoms with E-state index in [1.54, 1.807) is 12.1 Å². The van der Waals surface area contributed by atoms with Gasteiger partial charge in [0.1, 0.15) is 24.8 Å². The number of fused-ring (bicyclic) bond motifs is 1. The standard InChI is InChI=1S/C18H17FN2O4/c1-12(13-2-7-16-17(10-13)24-9-8-23-16)20-21-18(22)11-25-15-5-3-14(19)4-6-15/h2-7,10,20H,1,8-9,11H2,(H,21,22). The highest BCUT2D eigenvalue weighted by molar-refractivity contribution is 5.78. The number of hydrogen-bond donors (Lipinski definition) is 2. The highest BCUT2D eigenvalue weighted by Crippen LogP contribution is 2.31. The number of halogens is 1. The first-order chi connectivity index (χ1) is 12.1. The Morgan fingerprint density at radius 3 is 2.56 bits per heavy atom. The summed E-state index contributed by atoms with van der Waals surface area (Å²) in [6.45, 7) is 4.67. The summed E-state index contributed by atoms with van der Waals surface area (Å²) in [6.07, 6.45) is 0. The van der Waals surface area contributed by atoms with Gasteiger partial charge in [0.2, 0.25) is 0 Å². The summed E-state index contributed by atoms with van der Waals surface area (Å²) in [5, 5.41) is 0. The Bertz CT molecular complexity index is 777. The number of benzene rings is 2. The lowest BCUT2D eigenvalue weighted by Crippen LogP contribution is -2.39. The third-order valence-electron chi connectivity index (χ3n) is 3.43. The molecule has 0 fully saturated rings. The first-order valence-corrected chi connectivity index (χ1v) is 7.64. The molecular formula is C18H17FN2O4. The van der Waals surface area contributed by atoms with Crippen LogP contribution in [0.4, 0.5) is 4.39 Å². The van der Waals surface area contributed by atoms with E-state index >= 15 is 0 Å². The molecule has 0 saturated carbocycles. The van der Waals surface area contributed by atoms with E-state index in [0.717, 1.165) is 5.56 Å². The Balaban J connectivity index is 1.48. The molecule has 0 bridgehead atoms. The van der Waals surface area contributed by atoms with Crippen molar-refractivity contribution >= 4 is 11.6 Å².